The van der Waals surface area contributed by atoms with Gasteiger partial charge in [-0.15, -0.1) is 0 Å². The second-order valence-corrected chi connectivity index (χ2v) is 6.09. The number of fused-ring (bicyclic) bond motifs is 1. The molecule has 4 rings (SSSR count). The van der Waals surface area contributed by atoms with Gasteiger partial charge in [-0.25, -0.2) is 13.2 Å². The number of methoxy groups -OCH3 is 1. The first kappa shape index (κ1) is 18.5. The number of hydrogen-bond acceptors (Lipinski definition) is 4. The van der Waals surface area contributed by atoms with Gasteiger partial charge in [-0.05, 0) is 36.4 Å². The van der Waals surface area contributed by atoms with Gasteiger partial charge >= 0.3 is 0 Å². The number of ether oxygens (including phenoxy) is 1. The largest absolute Gasteiger partial charge is 0.496 e. The molecule has 0 atom stereocenters. The van der Waals surface area contributed by atoms with Crippen LogP contribution >= 0.6 is 0 Å². The van der Waals surface area contributed by atoms with Gasteiger partial charge in [0.1, 0.15) is 11.6 Å². The highest BCUT2D eigenvalue weighted by Gasteiger charge is 2.17. The molecule has 0 aliphatic heterocycles. The highest BCUT2D eigenvalue weighted by molar-refractivity contribution is 6.08. The Labute approximate surface area is 162 Å². The summed E-state index contributed by atoms with van der Waals surface area (Å²) in [5.74, 6) is -2.96. The lowest BCUT2D eigenvalue weighted by molar-refractivity contribution is 0.102. The summed E-state index contributed by atoms with van der Waals surface area (Å²) in [6.07, 6.45) is 1.44. The molecule has 0 unspecified atom stereocenters. The number of aromatic nitrogens is 3. The maximum atomic E-state index is 14.4. The zero-order valence-corrected chi connectivity index (χ0v) is 15.0. The maximum absolute atomic E-state index is 14.4. The zero-order valence-electron chi connectivity index (χ0n) is 15.0. The van der Waals surface area contributed by atoms with E-state index >= 15 is 0 Å². The number of pyridine rings is 1. The first-order valence-electron chi connectivity index (χ1n) is 8.41. The van der Waals surface area contributed by atoms with Crippen molar-refractivity contribution in [2.75, 3.05) is 12.4 Å². The molecule has 4 aromatic rings. The standard InChI is InChI=1S/C20H13F3N4O2/c1-29-17-4-2-3-13(22)18(17)15-8-11-16(9-24-15)26-27-19(11)25-20(28)10-5-6-12(21)14(23)7-10/h2-9H,1H3,(H2,25,26,27,28). The van der Waals surface area contributed by atoms with Gasteiger partial charge in [0.25, 0.3) is 5.91 Å². The van der Waals surface area contributed by atoms with Gasteiger partial charge in [-0.2, -0.15) is 5.10 Å². The van der Waals surface area contributed by atoms with Crippen LogP contribution in [-0.4, -0.2) is 28.2 Å². The van der Waals surface area contributed by atoms with Crippen molar-refractivity contribution < 1.29 is 22.7 Å². The molecule has 0 fully saturated rings. The Morgan fingerprint density at radius 1 is 1.07 bits per heavy atom. The number of hydrogen-bond donors (Lipinski definition) is 2. The Balaban J connectivity index is 1.73. The Kier molecular flexibility index (Phi) is 4.63. The number of benzene rings is 2. The highest BCUT2D eigenvalue weighted by atomic mass is 19.2. The molecular weight excluding hydrogens is 385 g/mol. The fraction of sp³-hybridized carbons (Fsp3) is 0.0500. The number of nitrogens with one attached hydrogen (secondary N) is 2. The van der Waals surface area contributed by atoms with Gasteiger partial charge in [0.2, 0.25) is 0 Å². The summed E-state index contributed by atoms with van der Waals surface area (Å²) in [4.78, 5) is 16.6. The van der Waals surface area contributed by atoms with E-state index in [1.54, 1.807) is 12.1 Å². The molecule has 2 N–H and O–H groups in total. The predicted molar refractivity (Wildman–Crippen MR) is 100 cm³/mol. The van der Waals surface area contributed by atoms with E-state index in [1.165, 1.54) is 25.4 Å². The van der Waals surface area contributed by atoms with E-state index in [0.717, 1.165) is 18.2 Å². The number of rotatable bonds is 4. The lowest BCUT2D eigenvalue weighted by Gasteiger charge is -2.09. The van der Waals surface area contributed by atoms with E-state index in [1.807, 2.05) is 0 Å². The molecule has 0 spiro atoms. The van der Waals surface area contributed by atoms with Crippen LogP contribution in [0.3, 0.4) is 0 Å². The number of anilines is 1. The minimum absolute atomic E-state index is 0.0786. The molecule has 0 aliphatic carbocycles. The molecule has 1 amide bonds. The Morgan fingerprint density at radius 3 is 2.66 bits per heavy atom. The molecule has 0 saturated carbocycles. The summed E-state index contributed by atoms with van der Waals surface area (Å²) in [5.41, 5.74) is 0.850. The van der Waals surface area contributed by atoms with Crippen molar-refractivity contribution in [1.82, 2.24) is 15.2 Å². The first-order valence-corrected chi connectivity index (χ1v) is 8.41. The molecule has 0 aliphatic rings. The molecule has 9 heteroatoms. The van der Waals surface area contributed by atoms with Crippen molar-refractivity contribution in [3.8, 4) is 17.0 Å². The minimum atomic E-state index is -1.14. The summed E-state index contributed by atoms with van der Waals surface area (Å²) < 4.78 is 46.0. The summed E-state index contributed by atoms with van der Waals surface area (Å²) in [6, 6.07) is 8.74. The number of aromatic amines is 1. The van der Waals surface area contributed by atoms with Crippen LogP contribution < -0.4 is 10.1 Å². The Morgan fingerprint density at radius 2 is 1.90 bits per heavy atom. The van der Waals surface area contributed by atoms with E-state index in [-0.39, 0.29) is 22.6 Å². The fourth-order valence-corrected chi connectivity index (χ4v) is 2.89. The SMILES string of the molecule is COc1cccc(F)c1-c1cc2c(NC(=O)c3ccc(F)c(F)c3)n[nH]c2cn1. The number of nitrogens with zero attached hydrogens (tertiary/aromatic N) is 2. The summed E-state index contributed by atoms with van der Waals surface area (Å²) in [7, 11) is 1.42. The zero-order chi connectivity index (χ0) is 20.5. The average Bonchev–Trinajstić information content (AvgIpc) is 3.11. The van der Waals surface area contributed by atoms with Crippen molar-refractivity contribution in [1.29, 1.82) is 0 Å². The maximum Gasteiger partial charge on any atom is 0.256 e. The molecule has 0 saturated heterocycles. The Hall–Kier alpha value is -3.88. The van der Waals surface area contributed by atoms with Gasteiger partial charge in [0.05, 0.1) is 30.1 Å². The van der Waals surface area contributed by atoms with Gasteiger partial charge in [-0.3, -0.25) is 14.9 Å². The van der Waals surface area contributed by atoms with Crippen LogP contribution in [-0.2, 0) is 0 Å². The van der Waals surface area contributed by atoms with Gasteiger partial charge in [-0.1, -0.05) is 6.07 Å². The van der Waals surface area contributed by atoms with Gasteiger partial charge in [0.15, 0.2) is 17.5 Å². The van der Waals surface area contributed by atoms with E-state index < -0.39 is 23.4 Å². The number of H-pyrrole nitrogens is 1. The van der Waals surface area contributed by atoms with Crippen LogP contribution in [0.15, 0.2) is 48.7 Å². The van der Waals surface area contributed by atoms with Crippen molar-refractivity contribution in [3.63, 3.8) is 0 Å². The number of halogens is 3. The molecule has 29 heavy (non-hydrogen) atoms. The summed E-state index contributed by atoms with van der Waals surface area (Å²) in [5, 5.41) is 9.69. The molecule has 0 bridgehead atoms. The molecule has 2 heterocycles. The smallest absolute Gasteiger partial charge is 0.256 e. The molecule has 2 aromatic carbocycles. The lowest BCUT2D eigenvalue weighted by atomic mass is 10.1. The van der Waals surface area contributed by atoms with Crippen molar-refractivity contribution in [2.45, 2.75) is 0 Å². The molecule has 0 radical (unpaired) electrons. The van der Waals surface area contributed by atoms with Crippen molar-refractivity contribution in [3.05, 3.63) is 71.7 Å². The van der Waals surface area contributed by atoms with E-state index in [9.17, 15) is 18.0 Å². The van der Waals surface area contributed by atoms with Crippen LogP contribution in [0.5, 0.6) is 5.75 Å². The second-order valence-electron chi connectivity index (χ2n) is 6.09. The quantitative estimate of drug-likeness (QED) is 0.537. The predicted octanol–water partition coefficient (Wildman–Crippen LogP) is 4.30. The summed E-state index contributed by atoms with van der Waals surface area (Å²) >= 11 is 0. The van der Waals surface area contributed by atoms with Crippen LogP contribution in [0.4, 0.5) is 19.0 Å². The lowest BCUT2D eigenvalue weighted by Crippen LogP contribution is -2.13. The molecular formula is C20H13F3N4O2. The van der Waals surface area contributed by atoms with E-state index in [4.69, 9.17) is 4.74 Å². The minimum Gasteiger partial charge on any atom is -0.496 e. The molecule has 2 aromatic heterocycles. The van der Waals surface area contributed by atoms with E-state index in [2.05, 4.69) is 20.5 Å². The average molecular weight is 398 g/mol. The summed E-state index contributed by atoms with van der Waals surface area (Å²) in [6.45, 7) is 0. The molecule has 146 valence electrons. The fourth-order valence-electron chi connectivity index (χ4n) is 2.89. The van der Waals surface area contributed by atoms with Gasteiger partial charge < -0.3 is 10.1 Å². The third-order valence-electron chi connectivity index (χ3n) is 4.31. The van der Waals surface area contributed by atoms with Crippen molar-refractivity contribution >= 4 is 22.6 Å². The third-order valence-corrected chi connectivity index (χ3v) is 4.31. The molecule has 6 nitrogen and oxygen atoms in total. The number of carbonyl (C=O) groups excluding carboxylic acids is 1. The van der Waals surface area contributed by atoms with E-state index in [0.29, 0.717) is 16.7 Å². The Bertz CT molecular complexity index is 1240. The van der Waals surface area contributed by atoms with Crippen molar-refractivity contribution in [2.24, 2.45) is 0 Å². The van der Waals surface area contributed by atoms with Gasteiger partial charge in [0, 0.05) is 10.9 Å². The second kappa shape index (κ2) is 7.27. The van der Waals surface area contributed by atoms with Crippen LogP contribution in [0.2, 0.25) is 0 Å². The van der Waals surface area contributed by atoms with Crippen LogP contribution in [0.25, 0.3) is 22.2 Å². The highest BCUT2D eigenvalue weighted by Crippen LogP contribution is 2.33. The number of amides is 1. The number of carbonyl (C=O) groups is 1. The van der Waals surface area contributed by atoms with Crippen LogP contribution in [0.1, 0.15) is 10.4 Å². The topological polar surface area (TPSA) is 79.9 Å². The third kappa shape index (κ3) is 3.38. The monoisotopic (exact) mass is 398 g/mol. The normalized spacial score (nSPS) is 10.9. The van der Waals surface area contributed by atoms with Crippen LogP contribution in [0, 0.1) is 17.5 Å². The first-order chi connectivity index (χ1) is 14.0.